The lowest BCUT2D eigenvalue weighted by Gasteiger charge is -2.20. The van der Waals surface area contributed by atoms with Gasteiger partial charge in [-0.25, -0.2) is 22.9 Å². The minimum atomic E-state index is -4.18. The first-order valence-corrected chi connectivity index (χ1v) is 14.0. The number of carbonyl (C=O) groups excluding carboxylic acids is 4. The van der Waals surface area contributed by atoms with E-state index in [1.807, 2.05) is 4.72 Å². The third-order valence-corrected chi connectivity index (χ3v) is 7.20. The molecule has 2 N–H and O–H groups in total. The predicted molar refractivity (Wildman–Crippen MR) is 149 cm³/mol. The molecule has 0 spiro atoms. The Labute approximate surface area is 238 Å². The fourth-order valence-electron chi connectivity index (χ4n) is 3.47. The molecule has 0 saturated carbocycles. The first kappa shape index (κ1) is 31.0. The summed E-state index contributed by atoms with van der Waals surface area (Å²) in [5.74, 6) is -2.51. The number of nitrogens with zero attached hydrogens (tertiary/aromatic N) is 1. The molecule has 4 rings (SSSR count). The number of carbonyl (C=O) groups is 4. The molecule has 2 aliphatic rings. The third kappa shape index (κ3) is 8.97. The fraction of sp³-hybridized carbons (Fsp3) is 0.276. The summed E-state index contributed by atoms with van der Waals surface area (Å²) < 4.78 is 37.0. The fourth-order valence-corrected chi connectivity index (χ4v) is 4.51. The molecule has 0 fully saturated rings. The van der Waals surface area contributed by atoms with Crippen molar-refractivity contribution in [3.8, 4) is 11.1 Å². The van der Waals surface area contributed by atoms with Crippen molar-refractivity contribution >= 4 is 33.8 Å². The zero-order valence-corrected chi connectivity index (χ0v) is 23.9. The van der Waals surface area contributed by atoms with E-state index >= 15 is 0 Å². The molecular weight excluding hydrogens is 550 g/mol. The maximum Gasteiger partial charge on any atom is 0.356 e. The smallest absolute Gasteiger partial charge is 0.356 e. The Balaban J connectivity index is 0.000000666. The van der Waals surface area contributed by atoms with Gasteiger partial charge in [0, 0.05) is 19.7 Å². The summed E-state index contributed by atoms with van der Waals surface area (Å²) in [4.78, 5) is 51.0. The highest BCUT2D eigenvalue weighted by Gasteiger charge is 2.31. The van der Waals surface area contributed by atoms with Crippen LogP contribution in [0, 0.1) is 5.41 Å². The van der Waals surface area contributed by atoms with Crippen molar-refractivity contribution in [3.63, 3.8) is 0 Å². The molecule has 2 amide bonds. The van der Waals surface area contributed by atoms with Gasteiger partial charge in [-0.3, -0.25) is 14.4 Å². The lowest BCUT2D eigenvalue weighted by molar-refractivity contribution is -0.152. The number of amides is 2. The van der Waals surface area contributed by atoms with Crippen LogP contribution in [0.1, 0.15) is 47.2 Å². The van der Waals surface area contributed by atoms with Crippen LogP contribution in [0.2, 0.25) is 0 Å². The number of ether oxygens (including phenoxy) is 2. The van der Waals surface area contributed by atoms with Gasteiger partial charge in [0.2, 0.25) is 5.91 Å². The quantitative estimate of drug-likeness (QED) is 0.269. The van der Waals surface area contributed by atoms with Crippen LogP contribution in [0.25, 0.3) is 11.1 Å². The number of esters is 2. The predicted octanol–water partition coefficient (Wildman–Crippen LogP) is 2.90. The minimum Gasteiger partial charge on any atom is -0.469 e. The molecule has 0 saturated heterocycles. The Morgan fingerprint density at radius 3 is 2.17 bits per heavy atom. The maximum atomic E-state index is 12.7. The molecule has 0 aliphatic heterocycles. The van der Waals surface area contributed by atoms with Crippen molar-refractivity contribution in [1.29, 1.82) is 0 Å². The molecular formula is C29H31N3O8S. The lowest BCUT2D eigenvalue weighted by atomic mass is 9.95. The van der Waals surface area contributed by atoms with Gasteiger partial charge in [-0.2, -0.15) is 0 Å². The molecule has 12 heteroatoms. The van der Waals surface area contributed by atoms with E-state index in [-0.39, 0.29) is 28.7 Å². The van der Waals surface area contributed by atoms with Crippen LogP contribution in [0.15, 0.2) is 71.8 Å². The number of nitrogens with one attached hydrogen (secondary N) is 2. The third-order valence-electron chi connectivity index (χ3n) is 5.87. The minimum absolute atomic E-state index is 0.0955. The van der Waals surface area contributed by atoms with Crippen LogP contribution in [-0.4, -0.2) is 57.4 Å². The van der Waals surface area contributed by atoms with Crippen LogP contribution < -0.4 is 10.0 Å². The standard InChI is InChI=1S/C23H27N3O8S.C6H4/c1-15(27)24-11-10-16-6-5-7-18(12-16)35(31,32)26-20(28)17-8-9-19(25-13-17)21(29)34-14-23(2,3)22(30)33-4;1-2-5-4-6(5)3-1/h5-9,12-13H,10-11,14H2,1-4H3,(H,24,27)(H,26,28);1-4H. The summed E-state index contributed by atoms with van der Waals surface area (Å²) in [6.07, 6.45) is 1.45. The average molecular weight is 582 g/mol. The van der Waals surface area contributed by atoms with Gasteiger partial charge < -0.3 is 14.8 Å². The number of benzene rings is 2. The molecule has 0 atom stereocenters. The number of hydrogen-bond donors (Lipinski definition) is 2. The van der Waals surface area contributed by atoms with Crippen LogP contribution in [0.5, 0.6) is 0 Å². The zero-order valence-electron chi connectivity index (χ0n) is 23.1. The summed E-state index contributed by atoms with van der Waals surface area (Å²) in [7, 11) is -2.96. The second kappa shape index (κ2) is 13.2. The second-order valence-electron chi connectivity index (χ2n) is 9.78. The van der Waals surface area contributed by atoms with Crippen LogP contribution in [0.4, 0.5) is 0 Å². The van der Waals surface area contributed by atoms with Crippen molar-refractivity contribution in [2.45, 2.75) is 32.1 Å². The van der Waals surface area contributed by atoms with Gasteiger partial charge in [-0.15, -0.1) is 0 Å². The molecule has 2 aromatic rings. The molecule has 1 aromatic carbocycles. The highest BCUT2D eigenvalue weighted by atomic mass is 32.2. The van der Waals surface area contributed by atoms with E-state index in [0.717, 1.165) is 6.20 Å². The molecule has 0 unspecified atom stereocenters. The van der Waals surface area contributed by atoms with Gasteiger partial charge in [0.25, 0.3) is 15.9 Å². The van der Waals surface area contributed by atoms with Gasteiger partial charge in [0.15, 0.2) is 0 Å². The molecule has 1 heterocycles. The van der Waals surface area contributed by atoms with Crippen LogP contribution in [0.3, 0.4) is 0 Å². The lowest BCUT2D eigenvalue weighted by Crippen LogP contribution is -2.32. The van der Waals surface area contributed by atoms with E-state index in [1.54, 1.807) is 19.9 Å². The van der Waals surface area contributed by atoms with Gasteiger partial charge in [0.05, 0.1) is 23.0 Å². The summed E-state index contributed by atoms with van der Waals surface area (Å²) in [6, 6.07) is 16.9. The number of hydrogen-bond acceptors (Lipinski definition) is 9. The first-order chi connectivity index (χ1) is 19.3. The number of rotatable bonds is 10. The zero-order chi connectivity index (χ0) is 30.2. The Morgan fingerprint density at radius 1 is 0.951 bits per heavy atom. The van der Waals surface area contributed by atoms with Crippen molar-refractivity contribution in [1.82, 2.24) is 15.0 Å². The normalized spacial score (nSPS) is 11.3. The summed E-state index contributed by atoms with van der Waals surface area (Å²) in [5.41, 5.74) is 2.23. The van der Waals surface area contributed by atoms with E-state index in [4.69, 9.17) is 4.74 Å². The highest BCUT2D eigenvalue weighted by Crippen LogP contribution is 2.32. The van der Waals surface area contributed by atoms with Crippen molar-refractivity contribution in [2.24, 2.45) is 5.41 Å². The van der Waals surface area contributed by atoms with Gasteiger partial charge in [-0.05, 0) is 67.3 Å². The topological polar surface area (TPSA) is 158 Å². The molecule has 216 valence electrons. The largest absolute Gasteiger partial charge is 0.469 e. The van der Waals surface area contributed by atoms with Crippen LogP contribution in [-0.2, 0) is 35.5 Å². The summed E-state index contributed by atoms with van der Waals surface area (Å²) in [5, 5.41) is 2.62. The van der Waals surface area contributed by atoms with E-state index in [1.165, 1.54) is 55.5 Å². The maximum absolute atomic E-state index is 12.7. The van der Waals surface area contributed by atoms with E-state index in [2.05, 4.69) is 39.3 Å². The average Bonchev–Trinajstić information content (AvgIpc) is 3.54. The summed E-state index contributed by atoms with van der Waals surface area (Å²) in [6.45, 7) is 4.57. The Bertz CT molecular complexity index is 1530. The summed E-state index contributed by atoms with van der Waals surface area (Å²) >= 11 is 0. The van der Waals surface area contributed by atoms with Gasteiger partial charge in [-0.1, -0.05) is 30.3 Å². The second-order valence-corrected chi connectivity index (χ2v) is 11.5. The number of methoxy groups -OCH3 is 1. The molecule has 0 radical (unpaired) electrons. The number of fused-ring (bicyclic) bond motifs is 1. The Hall–Kier alpha value is -4.58. The van der Waals surface area contributed by atoms with Gasteiger partial charge in [0.1, 0.15) is 12.3 Å². The van der Waals surface area contributed by atoms with Gasteiger partial charge >= 0.3 is 11.9 Å². The van der Waals surface area contributed by atoms with Crippen molar-refractivity contribution in [2.75, 3.05) is 20.3 Å². The number of pyridine rings is 1. The van der Waals surface area contributed by atoms with E-state index in [0.29, 0.717) is 18.5 Å². The molecule has 0 bridgehead atoms. The molecule has 1 aromatic heterocycles. The van der Waals surface area contributed by atoms with Crippen molar-refractivity contribution in [3.05, 3.63) is 83.7 Å². The Morgan fingerprint density at radius 2 is 1.63 bits per heavy atom. The molecule has 11 nitrogen and oxygen atoms in total. The van der Waals surface area contributed by atoms with E-state index < -0.39 is 33.3 Å². The van der Waals surface area contributed by atoms with Crippen LogP contribution >= 0.6 is 0 Å². The number of aromatic nitrogens is 1. The number of sulfonamides is 1. The monoisotopic (exact) mass is 581 g/mol. The Kier molecular flexibility index (Phi) is 9.95. The van der Waals surface area contributed by atoms with Crippen molar-refractivity contribution < 1.29 is 37.1 Å². The molecule has 41 heavy (non-hydrogen) atoms. The molecule has 2 aliphatic carbocycles. The van der Waals surface area contributed by atoms with E-state index in [9.17, 15) is 27.6 Å². The SMILES string of the molecule is COC(=O)C(C)(C)COC(=O)c1ccc(C(=O)NS(=O)(=O)c2cccc(CCNC(C)=O)c2)cn1.c1cc2cc-2c1. The highest BCUT2D eigenvalue weighted by molar-refractivity contribution is 7.90. The first-order valence-electron chi connectivity index (χ1n) is 12.5.